The Labute approximate surface area is 180 Å². The number of thiazole rings is 1. The smallest absolute Gasteiger partial charge is 0.266 e. The number of carbonyl (C=O) groups excluding carboxylic acids is 1. The third-order valence-electron chi connectivity index (χ3n) is 4.38. The molecule has 8 nitrogen and oxygen atoms in total. The first-order valence-electron chi connectivity index (χ1n) is 9.21. The summed E-state index contributed by atoms with van der Waals surface area (Å²) in [6.07, 6.45) is 0. The van der Waals surface area contributed by atoms with Crippen molar-refractivity contribution in [2.24, 2.45) is 0 Å². The summed E-state index contributed by atoms with van der Waals surface area (Å²) in [6, 6.07) is 13.1. The lowest BCUT2D eigenvalue weighted by Gasteiger charge is -2.07. The van der Waals surface area contributed by atoms with Gasteiger partial charge in [0.1, 0.15) is 15.6 Å². The third-order valence-corrected chi connectivity index (χ3v) is 6.44. The van der Waals surface area contributed by atoms with Crippen LogP contribution in [0, 0.1) is 13.8 Å². The first-order chi connectivity index (χ1) is 14.5. The van der Waals surface area contributed by atoms with Gasteiger partial charge in [0.2, 0.25) is 0 Å². The Bertz CT molecular complexity index is 1250. The maximum absolute atomic E-state index is 12.2. The van der Waals surface area contributed by atoms with Gasteiger partial charge in [0, 0.05) is 18.2 Å². The predicted molar refractivity (Wildman–Crippen MR) is 117 cm³/mol. The highest BCUT2D eigenvalue weighted by molar-refractivity contribution is 7.18. The maximum Gasteiger partial charge on any atom is 0.266 e. The van der Waals surface area contributed by atoms with Crippen LogP contribution in [0.25, 0.3) is 21.1 Å². The van der Waals surface area contributed by atoms with E-state index < -0.39 is 0 Å². The fraction of sp³-hybridized carbons (Fsp3) is 0.200. The van der Waals surface area contributed by atoms with E-state index in [9.17, 15) is 9.59 Å². The molecular weight excluding hydrogens is 420 g/mol. The molecule has 0 spiro atoms. The van der Waals surface area contributed by atoms with E-state index in [1.165, 1.54) is 22.1 Å². The van der Waals surface area contributed by atoms with E-state index in [1.54, 1.807) is 13.0 Å². The van der Waals surface area contributed by atoms with Crippen molar-refractivity contribution < 1.29 is 4.79 Å². The number of benzene rings is 1. The Hall–Kier alpha value is -3.24. The molecule has 1 N–H and O–H groups in total. The van der Waals surface area contributed by atoms with Crippen LogP contribution in [-0.4, -0.2) is 36.8 Å². The summed E-state index contributed by atoms with van der Waals surface area (Å²) in [5, 5.41) is 12.0. The lowest BCUT2D eigenvalue weighted by atomic mass is 10.2. The van der Waals surface area contributed by atoms with Crippen LogP contribution in [0.2, 0.25) is 0 Å². The highest BCUT2D eigenvalue weighted by Gasteiger charge is 2.15. The molecule has 3 aromatic heterocycles. The van der Waals surface area contributed by atoms with Gasteiger partial charge in [-0.3, -0.25) is 9.59 Å². The van der Waals surface area contributed by atoms with E-state index in [4.69, 9.17) is 0 Å². The third kappa shape index (κ3) is 4.19. The molecule has 0 unspecified atom stereocenters. The summed E-state index contributed by atoms with van der Waals surface area (Å²) < 4.78 is 5.11. The Morgan fingerprint density at radius 2 is 1.90 bits per heavy atom. The standard InChI is InChI=1S/C20H18N6O2S2/c1-12-17(29-20(22-12)14-6-4-3-5-7-14)15-8-9-16(27)26(24-15)11-10-21-19(28)18-13(2)23-25-30-18/h3-9H,10-11H2,1-2H3,(H,21,28). The van der Waals surface area contributed by atoms with Gasteiger partial charge in [0.05, 0.1) is 22.8 Å². The van der Waals surface area contributed by atoms with Crippen LogP contribution in [0.4, 0.5) is 0 Å². The van der Waals surface area contributed by atoms with Gasteiger partial charge in [-0.1, -0.05) is 34.8 Å². The summed E-state index contributed by atoms with van der Waals surface area (Å²) in [7, 11) is 0. The van der Waals surface area contributed by atoms with E-state index in [1.807, 2.05) is 37.3 Å². The minimum absolute atomic E-state index is 0.228. The SMILES string of the molecule is Cc1nnsc1C(=O)NCCn1nc(-c2sc(-c3ccccc3)nc2C)ccc1=O. The normalized spacial score (nSPS) is 10.9. The molecule has 0 fully saturated rings. The number of nitrogens with zero attached hydrogens (tertiary/aromatic N) is 5. The Kier molecular flexibility index (Phi) is 5.77. The molecule has 4 aromatic rings. The van der Waals surface area contributed by atoms with Crippen molar-refractivity contribution in [2.45, 2.75) is 20.4 Å². The molecule has 0 atom stereocenters. The second kappa shape index (κ2) is 8.64. The van der Waals surface area contributed by atoms with Gasteiger partial charge >= 0.3 is 0 Å². The minimum Gasteiger partial charge on any atom is -0.349 e. The number of hydrogen-bond acceptors (Lipinski definition) is 8. The molecule has 0 aliphatic heterocycles. The van der Waals surface area contributed by atoms with E-state index in [2.05, 4.69) is 25.0 Å². The summed E-state index contributed by atoms with van der Waals surface area (Å²) in [5.41, 5.74) is 2.94. The molecule has 0 saturated heterocycles. The molecule has 30 heavy (non-hydrogen) atoms. The van der Waals surface area contributed by atoms with Crippen molar-refractivity contribution in [3.63, 3.8) is 0 Å². The summed E-state index contributed by atoms with van der Waals surface area (Å²) in [4.78, 5) is 30.4. The number of nitrogens with one attached hydrogen (secondary N) is 1. The summed E-state index contributed by atoms with van der Waals surface area (Å²) >= 11 is 2.58. The first-order valence-corrected chi connectivity index (χ1v) is 10.8. The van der Waals surface area contributed by atoms with Crippen molar-refractivity contribution in [2.75, 3.05) is 6.54 Å². The molecule has 10 heteroatoms. The first kappa shape index (κ1) is 20.0. The van der Waals surface area contributed by atoms with Gasteiger partial charge in [-0.15, -0.1) is 16.4 Å². The molecule has 0 saturated carbocycles. The summed E-state index contributed by atoms with van der Waals surface area (Å²) in [5.74, 6) is -0.252. The largest absolute Gasteiger partial charge is 0.349 e. The number of amides is 1. The highest BCUT2D eigenvalue weighted by atomic mass is 32.1. The van der Waals surface area contributed by atoms with Crippen LogP contribution in [0.1, 0.15) is 21.1 Å². The zero-order valence-corrected chi connectivity index (χ0v) is 18.0. The van der Waals surface area contributed by atoms with Gasteiger partial charge in [0.25, 0.3) is 11.5 Å². The molecular formula is C20H18N6O2S2. The molecule has 0 aliphatic rings. The summed E-state index contributed by atoms with van der Waals surface area (Å²) in [6.45, 7) is 4.19. The minimum atomic E-state index is -0.252. The molecule has 4 rings (SSSR count). The second-order valence-corrected chi connectivity index (χ2v) is 8.28. The highest BCUT2D eigenvalue weighted by Crippen LogP contribution is 2.33. The monoisotopic (exact) mass is 438 g/mol. The van der Waals surface area contributed by atoms with Crippen LogP contribution >= 0.6 is 22.9 Å². The number of rotatable bonds is 6. The van der Waals surface area contributed by atoms with Gasteiger partial charge in [-0.25, -0.2) is 9.67 Å². The van der Waals surface area contributed by atoms with Crippen molar-refractivity contribution in [3.05, 3.63) is 69.1 Å². The van der Waals surface area contributed by atoms with E-state index in [0.717, 1.165) is 32.7 Å². The van der Waals surface area contributed by atoms with E-state index >= 15 is 0 Å². The molecule has 3 heterocycles. The Balaban J connectivity index is 1.51. The fourth-order valence-electron chi connectivity index (χ4n) is 2.86. The molecule has 1 aromatic carbocycles. The number of carbonyl (C=O) groups is 1. The van der Waals surface area contributed by atoms with Crippen molar-refractivity contribution in [3.8, 4) is 21.1 Å². The zero-order chi connectivity index (χ0) is 21.1. The lowest BCUT2D eigenvalue weighted by Crippen LogP contribution is -2.31. The molecule has 1 amide bonds. The number of aryl methyl sites for hydroxylation is 2. The number of aromatic nitrogens is 5. The maximum atomic E-state index is 12.2. The van der Waals surface area contributed by atoms with Crippen molar-refractivity contribution in [1.29, 1.82) is 0 Å². The van der Waals surface area contributed by atoms with Crippen molar-refractivity contribution in [1.82, 2.24) is 29.7 Å². The second-order valence-electron chi connectivity index (χ2n) is 6.52. The quantitative estimate of drug-likeness (QED) is 0.497. The van der Waals surface area contributed by atoms with Crippen molar-refractivity contribution >= 4 is 28.8 Å². The average molecular weight is 439 g/mol. The fourth-order valence-corrected chi connectivity index (χ4v) is 4.47. The molecule has 0 aliphatic carbocycles. The molecule has 152 valence electrons. The van der Waals surface area contributed by atoms with Gasteiger partial charge in [-0.2, -0.15) is 5.10 Å². The van der Waals surface area contributed by atoms with Crippen LogP contribution in [0.5, 0.6) is 0 Å². The van der Waals surface area contributed by atoms with E-state index in [-0.39, 0.29) is 24.6 Å². The van der Waals surface area contributed by atoms with Crippen LogP contribution in [-0.2, 0) is 6.54 Å². The Morgan fingerprint density at radius 3 is 2.63 bits per heavy atom. The Morgan fingerprint density at radius 1 is 1.10 bits per heavy atom. The van der Waals surface area contributed by atoms with Crippen LogP contribution in [0.15, 0.2) is 47.3 Å². The molecule has 0 radical (unpaired) electrons. The van der Waals surface area contributed by atoms with Crippen LogP contribution < -0.4 is 10.9 Å². The van der Waals surface area contributed by atoms with Gasteiger partial charge in [-0.05, 0) is 31.4 Å². The average Bonchev–Trinajstić information content (AvgIpc) is 3.35. The predicted octanol–water partition coefficient (Wildman–Crippen LogP) is 2.93. The van der Waals surface area contributed by atoms with E-state index in [0.29, 0.717) is 16.3 Å². The molecule has 0 bridgehead atoms. The topological polar surface area (TPSA) is 103 Å². The lowest BCUT2D eigenvalue weighted by molar-refractivity contribution is 0.0955. The van der Waals surface area contributed by atoms with Gasteiger partial charge < -0.3 is 5.32 Å². The van der Waals surface area contributed by atoms with Gasteiger partial charge in [0.15, 0.2) is 0 Å². The van der Waals surface area contributed by atoms with Crippen LogP contribution in [0.3, 0.4) is 0 Å². The zero-order valence-electron chi connectivity index (χ0n) is 16.3. The number of hydrogen-bond donors (Lipinski definition) is 1.